The average molecular weight is 294 g/mol. The summed E-state index contributed by atoms with van der Waals surface area (Å²) in [6.07, 6.45) is 3.84. The van der Waals surface area contributed by atoms with Crippen LogP contribution >= 0.6 is 27.5 Å². The summed E-state index contributed by atoms with van der Waals surface area (Å²) in [5.74, 6) is -0.185. The second-order valence-corrected chi connectivity index (χ2v) is 5.13. The quantitative estimate of drug-likeness (QED) is 0.675. The Hall–Kier alpha value is -0.0800. The maximum atomic E-state index is 13.0. The van der Waals surface area contributed by atoms with Crippen LogP contribution in [0.15, 0.2) is 22.7 Å². The van der Waals surface area contributed by atoms with Gasteiger partial charge in [0.15, 0.2) is 0 Å². The molecular weight excluding hydrogens is 278 g/mol. The molecular formula is C12H15BrClF. The van der Waals surface area contributed by atoms with Crippen LogP contribution in [0, 0.1) is 5.82 Å². The molecule has 0 aliphatic heterocycles. The van der Waals surface area contributed by atoms with Crippen molar-refractivity contribution >= 4 is 27.5 Å². The Balaban J connectivity index is 2.53. The van der Waals surface area contributed by atoms with Crippen LogP contribution in [0.4, 0.5) is 4.39 Å². The highest BCUT2D eigenvalue weighted by atomic mass is 79.9. The van der Waals surface area contributed by atoms with Gasteiger partial charge < -0.3 is 0 Å². The predicted molar refractivity (Wildman–Crippen MR) is 67.0 cm³/mol. The van der Waals surface area contributed by atoms with Crippen LogP contribution in [-0.4, -0.2) is 5.38 Å². The fourth-order valence-corrected chi connectivity index (χ4v) is 2.28. The van der Waals surface area contributed by atoms with Crippen LogP contribution in [0.3, 0.4) is 0 Å². The van der Waals surface area contributed by atoms with Crippen molar-refractivity contribution in [3.8, 4) is 0 Å². The normalized spacial score (nSPS) is 12.8. The van der Waals surface area contributed by atoms with E-state index in [2.05, 4.69) is 22.9 Å². The van der Waals surface area contributed by atoms with Gasteiger partial charge in [0.1, 0.15) is 5.82 Å². The summed E-state index contributed by atoms with van der Waals surface area (Å²) in [6, 6.07) is 4.77. The first-order valence-electron chi connectivity index (χ1n) is 5.21. The monoisotopic (exact) mass is 292 g/mol. The Labute approximate surface area is 104 Å². The lowest BCUT2D eigenvalue weighted by atomic mass is 10.1. The van der Waals surface area contributed by atoms with E-state index in [-0.39, 0.29) is 11.2 Å². The Morgan fingerprint density at radius 1 is 1.40 bits per heavy atom. The first-order chi connectivity index (χ1) is 7.13. The summed E-state index contributed by atoms with van der Waals surface area (Å²) in [6.45, 7) is 2.12. The molecule has 0 aliphatic carbocycles. The van der Waals surface area contributed by atoms with Crippen molar-refractivity contribution in [2.45, 2.75) is 38.0 Å². The van der Waals surface area contributed by atoms with Gasteiger partial charge in [-0.2, -0.15) is 0 Å². The van der Waals surface area contributed by atoms with Crippen LogP contribution in [0.5, 0.6) is 0 Å². The summed E-state index contributed by atoms with van der Waals surface area (Å²) < 4.78 is 13.9. The van der Waals surface area contributed by atoms with E-state index in [0.717, 1.165) is 35.7 Å². The number of hydrogen-bond acceptors (Lipinski definition) is 0. The van der Waals surface area contributed by atoms with Crippen molar-refractivity contribution in [2.75, 3.05) is 0 Å². The molecule has 0 bridgehead atoms. The SMILES string of the molecule is CCCC(Cl)CCc1cc(F)ccc1Br. The van der Waals surface area contributed by atoms with Crippen LogP contribution < -0.4 is 0 Å². The van der Waals surface area contributed by atoms with Gasteiger partial charge in [-0.3, -0.25) is 0 Å². The van der Waals surface area contributed by atoms with Crippen molar-refractivity contribution in [2.24, 2.45) is 0 Å². The smallest absolute Gasteiger partial charge is 0.123 e. The highest BCUT2D eigenvalue weighted by molar-refractivity contribution is 9.10. The fraction of sp³-hybridized carbons (Fsp3) is 0.500. The number of rotatable bonds is 5. The Kier molecular flexibility index (Phi) is 5.62. The number of alkyl halides is 1. The molecule has 3 heteroatoms. The predicted octanol–water partition coefficient (Wildman–Crippen LogP) is 4.93. The van der Waals surface area contributed by atoms with Gasteiger partial charge in [0.25, 0.3) is 0 Å². The van der Waals surface area contributed by atoms with Gasteiger partial charge >= 0.3 is 0 Å². The summed E-state index contributed by atoms with van der Waals surface area (Å²) in [5.41, 5.74) is 0.997. The molecule has 1 aromatic carbocycles. The minimum atomic E-state index is -0.185. The lowest BCUT2D eigenvalue weighted by molar-refractivity contribution is 0.621. The zero-order valence-corrected chi connectivity index (χ0v) is 11.1. The van der Waals surface area contributed by atoms with E-state index in [9.17, 15) is 4.39 Å². The van der Waals surface area contributed by atoms with Gasteiger partial charge in [0.2, 0.25) is 0 Å². The van der Waals surface area contributed by atoms with Crippen LogP contribution in [0.25, 0.3) is 0 Å². The fourth-order valence-electron chi connectivity index (χ4n) is 1.50. The topological polar surface area (TPSA) is 0 Å². The minimum Gasteiger partial charge on any atom is -0.207 e. The molecule has 0 fully saturated rings. The molecule has 0 N–H and O–H groups in total. The Bertz CT molecular complexity index is 314. The highest BCUT2D eigenvalue weighted by Gasteiger charge is 2.06. The van der Waals surface area contributed by atoms with Gasteiger partial charge in [-0.25, -0.2) is 4.39 Å². The molecule has 84 valence electrons. The van der Waals surface area contributed by atoms with Crippen molar-refractivity contribution in [3.05, 3.63) is 34.1 Å². The standard InChI is InChI=1S/C12H15BrClF/c1-2-3-10(14)5-4-9-8-11(15)6-7-12(9)13/h6-8,10H,2-5H2,1H3. The zero-order chi connectivity index (χ0) is 11.3. The molecule has 1 aromatic rings. The van der Waals surface area contributed by atoms with E-state index < -0.39 is 0 Å². The number of aryl methyl sites for hydroxylation is 1. The summed E-state index contributed by atoms with van der Waals surface area (Å²) >= 11 is 9.52. The summed E-state index contributed by atoms with van der Waals surface area (Å²) in [5, 5.41) is 0.199. The summed E-state index contributed by atoms with van der Waals surface area (Å²) in [7, 11) is 0. The largest absolute Gasteiger partial charge is 0.207 e. The van der Waals surface area contributed by atoms with Crippen molar-refractivity contribution in [1.29, 1.82) is 0 Å². The third-order valence-corrected chi connectivity index (χ3v) is 3.55. The Morgan fingerprint density at radius 2 is 2.13 bits per heavy atom. The molecule has 1 unspecified atom stereocenters. The minimum absolute atomic E-state index is 0.185. The van der Waals surface area contributed by atoms with E-state index in [4.69, 9.17) is 11.6 Å². The molecule has 1 rings (SSSR count). The van der Waals surface area contributed by atoms with Gasteiger partial charge in [0, 0.05) is 9.85 Å². The maximum Gasteiger partial charge on any atom is 0.123 e. The van der Waals surface area contributed by atoms with Gasteiger partial charge in [-0.15, -0.1) is 11.6 Å². The molecule has 1 atom stereocenters. The van der Waals surface area contributed by atoms with Crippen LogP contribution in [-0.2, 0) is 6.42 Å². The van der Waals surface area contributed by atoms with Crippen LogP contribution in [0.1, 0.15) is 31.7 Å². The number of benzene rings is 1. The highest BCUT2D eigenvalue weighted by Crippen LogP contribution is 2.21. The second-order valence-electron chi connectivity index (χ2n) is 3.66. The molecule has 0 nitrogen and oxygen atoms in total. The molecule has 0 aliphatic rings. The third kappa shape index (κ3) is 4.52. The van der Waals surface area contributed by atoms with Gasteiger partial charge in [0.05, 0.1) is 0 Å². The van der Waals surface area contributed by atoms with E-state index >= 15 is 0 Å². The lowest BCUT2D eigenvalue weighted by Crippen LogP contribution is -2.00. The first kappa shape index (κ1) is 13.0. The maximum absolute atomic E-state index is 13.0. The number of hydrogen-bond donors (Lipinski definition) is 0. The van der Waals surface area contributed by atoms with Crippen LogP contribution in [0.2, 0.25) is 0 Å². The van der Waals surface area contributed by atoms with Gasteiger partial charge in [-0.05, 0) is 43.0 Å². The zero-order valence-electron chi connectivity index (χ0n) is 8.77. The molecule has 15 heavy (non-hydrogen) atoms. The van der Waals surface area contributed by atoms with E-state index in [1.807, 2.05) is 0 Å². The molecule has 0 spiro atoms. The lowest BCUT2D eigenvalue weighted by Gasteiger charge is -2.09. The molecule has 0 heterocycles. The van der Waals surface area contributed by atoms with Crippen molar-refractivity contribution in [3.63, 3.8) is 0 Å². The molecule has 0 saturated carbocycles. The van der Waals surface area contributed by atoms with Crippen molar-refractivity contribution < 1.29 is 4.39 Å². The van der Waals surface area contributed by atoms with E-state index in [1.54, 1.807) is 12.1 Å². The van der Waals surface area contributed by atoms with Crippen molar-refractivity contribution in [1.82, 2.24) is 0 Å². The first-order valence-corrected chi connectivity index (χ1v) is 6.44. The molecule has 0 saturated heterocycles. The van der Waals surface area contributed by atoms with Gasteiger partial charge in [-0.1, -0.05) is 29.3 Å². The molecule has 0 amide bonds. The Morgan fingerprint density at radius 3 is 2.80 bits per heavy atom. The second kappa shape index (κ2) is 6.49. The van der Waals surface area contributed by atoms with E-state index in [0.29, 0.717) is 0 Å². The molecule has 0 aromatic heterocycles. The summed E-state index contributed by atoms with van der Waals surface area (Å²) in [4.78, 5) is 0. The number of halogens is 3. The third-order valence-electron chi connectivity index (χ3n) is 2.34. The van der Waals surface area contributed by atoms with E-state index in [1.165, 1.54) is 6.07 Å². The average Bonchev–Trinajstić information content (AvgIpc) is 2.20. The molecule has 0 radical (unpaired) electrons.